The second-order valence-corrected chi connectivity index (χ2v) is 13.9. The predicted molar refractivity (Wildman–Crippen MR) is 144 cm³/mol. The number of Topliss-reactive ketones (excluding diaryl/α,β-unsaturated/α-hetero) is 1. The van der Waals surface area contributed by atoms with E-state index in [2.05, 4.69) is 31.1 Å². The Labute approximate surface area is 221 Å². The molecule has 6 rings (SSSR count). The molecule has 1 N–H and O–H groups in total. The van der Waals surface area contributed by atoms with Gasteiger partial charge in [-0.2, -0.15) is 0 Å². The van der Waals surface area contributed by atoms with Gasteiger partial charge in [-0.05, 0) is 111 Å². The SMILES string of the molecule is CC[C@@H]1CC2[C@@H]3CC[C@H]4C[C@](C)(O)CC[C@]4(C)[C@H]3CC[C@]2(C)C1C(=O)Cn1nnc2cc(OC)ccc21. The maximum Gasteiger partial charge on any atom is 0.158 e. The number of ketones is 1. The lowest BCUT2D eigenvalue weighted by Crippen LogP contribution is -2.55. The first-order valence-electron chi connectivity index (χ1n) is 14.7. The van der Waals surface area contributed by atoms with E-state index in [4.69, 9.17) is 4.74 Å². The van der Waals surface area contributed by atoms with Gasteiger partial charge in [0.15, 0.2) is 5.78 Å². The van der Waals surface area contributed by atoms with E-state index in [9.17, 15) is 9.90 Å². The molecule has 0 radical (unpaired) electrons. The van der Waals surface area contributed by atoms with Crippen molar-refractivity contribution in [3.05, 3.63) is 18.2 Å². The minimum Gasteiger partial charge on any atom is -0.497 e. The minimum atomic E-state index is -0.491. The van der Waals surface area contributed by atoms with Gasteiger partial charge in [0.25, 0.3) is 0 Å². The Hall–Kier alpha value is -1.95. The third-order valence-corrected chi connectivity index (χ3v) is 12.0. The number of benzene rings is 1. The summed E-state index contributed by atoms with van der Waals surface area (Å²) >= 11 is 0. The number of hydrogen-bond donors (Lipinski definition) is 1. The van der Waals surface area contributed by atoms with Crippen molar-refractivity contribution < 1.29 is 14.6 Å². The first kappa shape index (κ1) is 25.3. The van der Waals surface area contributed by atoms with Crippen molar-refractivity contribution in [3.8, 4) is 5.75 Å². The van der Waals surface area contributed by atoms with Crippen molar-refractivity contribution in [2.75, 3.05) is 7.11 Å². The summed E-state index contributed by atoms with van der Waals surface area (Å²) in [4.78, 5) is 14.1. The molecule has 6 heteroatoms. The van der Waals surface area contributed by atoms with Crippen LogP contribution in [0, 0.1) is 46.3 Å². The molecule has 0 saturated heterocycles. The highest BCUT2D eigenvalue weighted by Gasteiger charge is 2.63. The monoisotopic (exact) mass is 507 g/mol. The summed E-state index contributed by atoms with van der Waals surface area (Å²) < 4.78 is 7.13. The molecule has 0 amide bonds. The molecule has 1 aromatic carbocycles. The fraction of sp³-hybridized carbons (Fsp3) is 0.774. The van der Waals surface area contributed by atoms with Crippen molar-refractivity contribution in [2.45, 2.75) is 97.6 Å². The molecule has 2 aromatic rings. The van der Waals surface area contributed by atoms with E-state index < -0.39 is 5.60 Å². The van der Waals surface area contributed by atoms with Gasteiger partial charge in [-0.15, -0.1) is 5.10 Å². The average molecular weight is 508 g/mol. The van der Waals surface area contributed by atoms with Crippen LogP contribution >= 0.6 is 0 Å². The number of rotatable bonds is 5. The van der Waals surface area contributed by atoms with Gasteiger partial charge in [0, 0.05) is 12.0 Å². The number of carbonyl (C=O) groups excluding carboxylic acids is 1. The number of aliphatic hydroxyl groups is 1. The van der Waals surface area contributed by atoms with Gasteiger partial charge < -0.3 is 9.84 Å². The summed E-state index contributed by atoms with van der Waals surface area (Å²) in [6, 6.07) is 5.76. The lowest BCUT2D eigenvalue weighted by Gasteiger charge is -2.61. The van der Waals surface area contributed by atoms with Crippen LogP contribution in [0.15, 0.2) is 18.2 Å². The fourth-order valence-corrected chi connectivity index (χ4v) is 10.1. The summed E-state index contributed by atoms with van der Waals surface area (Å²) in [5.41, 5.74) is 1.59. The Morgan fingerprint density at radius 3 is 2.68 bits per heavy atom. The molecule has 202 valence electrons. The topological polar surface area (TPSA) is 77.2 Å². The zero-order chi connectivity index (χ0) is 26.2. The third kappa shape index (κ3) is 3.87. The fourth-order valence-electron chi connectivity index (χ4n) is 10.1. The Bertz CT molecular complexity index is 1190. The Morgan fingerprint density at radius 1 is 1.11 bits per heavy atom. The highest BCUT2D eigenvalue weighted by molar-refractivity contribution is 5.84. The molecule has 1 aromatic heterocycles. The average Bonchev–Trinajstić information content (AvgIpc) is 3.41. The van der Waals surface area contributed by atoms with Gasteiger partial charge >= 0.3 is 0 Å². The third-order valence-electron chi connectivity index (χ3n) is 12.0. The van der Waals surface area contributed by atoms with Crippen LogP contribution in [0.1, 0.15) is 85.5 Å². The van der Waals surface area contributed by atoms with E-state index in [-0.39, 0.29) is 11.3 Å². The van der Waals surface area contributed by atoms with Crippen LogP contribution in [0.3, 0.4) is 0 Å². The summed E-state index contributed by atoms with van der Waals surface area (Å²) in [6.07, 6.45) is 10.2. The number of fused-ring (bicyclic) bond motifs is 6. The normalized spacial score (nSPS) is 43.2. The van der Waals surface area contributed by atoms with Gasteiger partial charge in [0.1, 0.15) is 17.8 Å². The lowest BCUT2D eigenvalue weighted by molar-refractivity contribution is -0.151. The Morgan fingerprint density at radius 2 is 1.92 bits per heavy atom. The van der Waals surface area contributed by atoms with Gasteiger partial charge in [-0.25, -0.2) is 4.68 Å². The Balaban J connectivity index is 1.26. The zero-order valence-electron chi connectivity index (χ0n) is 23.4. The molecule has 4 aliphatic carbocycles. The number of methoxy groups -OCH3 is 1. The van der Waals surface area contributed by atoms with Crippen molar-refractivity contribution in [2.24, 2.45) is 46.3 Å². The van der Waals surface area contributed by atoms with Crippen LogP contribution < -0.4 is 4.74 Å². The molecule has 0 aliphatic heterocycles. The number of hydrogen-bond acceptors (Lipinski definition) is 5. The van der Waals surface area contributed by atoms with Gasteiger partial charge in [0.2, 0.25) is 0 Å². The van der Waals surface area contributed by atoms with Crippen LogP contribution in [0.5, 0.6) is 5.75 Å². The number of carbonyl (C=O) groups is 1. The van der Waals surface area contributed by atoms with Gasteiger partial charge in [-0.3, -0.25) is 4.79 Å². The van der Waals surface area contributed by atoms with E-state index in [1.165, 1.54) is 25.7 Å². The molecule has 6 nitrogen and oxygen atoms in total. The number of nitrogens with zero attached hydrogens (tertiary/aromatic N) is 3. The van der Waals surface area contributed by atoms with Crippen LogP contribution in [-0.2, 0) is 11.3 Å². The molecular formula is C31H45N3O3. The molecule has 0 spiro atoms. The van der Waals surface area contributed by atoms with Crippen LogP contribution in [0.4, 0.5) is 0 Å². The maximum absolute atomic E-state index is 14.1. The van der Waals surface area contributed by atoms with Crippen molar-refractivity contribution in [1.29, 1.82) is 0 Å². The van der Waals surface area contributed by atoms with E-state index >= 15 is 0 Å². The second kappa shape index (κ2) is 8.79. The molecule has 0 bridgehead atoms. The van der Waals surface area contributed by atoms with Crippen LogP contribution in [0.2, 0.25) is 0 Å². The van der Waals surface area contributed by atoms with Crippen LogP contribution in [0.25, 0.3) is 11.0 Å². The predicted octanol–water partition coefficient (Wildman–Crippen LogP) is 6.06. The molecule has 4 aliphatic rings. The molecular weight excluding hydrogens is 462 g/mol. The minimum absolute atomic E-state index is 0.0713. The van der Waals surface area contributed by atoms with Crippen molar-refractivity contribution in [3.63, 3.8) is 0 Å². The largest absolute Gasteiger partial charge is 0.497 e. The molecule has 2 unspecified atom stereocenters. The highest BCUT2D eigenvalue weighted by atomic mass is 16.5. The summed E-state index contributed by atoms with van der Waals surface area (Å²) in [6.45, 7) is 9.63. The first-order valence-corrected chi connectivity index (χ1v) is 14.7. The quantitative estimate of drug-likeness (QED) is 0.533. The summed E-state index contributed by atoms with van der Waals surface area (Å²) in [7, 11) is 1.65. The molecule has 37 heavy (non-hydrogen) atoms. The number of aromatic nitrogens is 3. The van der Waals surface area contributed by atoms with Gasteiger partial charge in [0.05, 0.1) is 18.2 Å². The van der Waals surface area contributed by atoms with Crippen molar-refractivity contribution in [1.82, 2.24) is 15.0 Å². The van der Waals surface area contributed by atoms with E-state index in [1.807, 2.05) is 25.1 Å². The summed E-state index contributed by atoms with van der Waals surface area (Å²) in [5, 5.41) is 19.5. The lowest BCUT2D eigenvalue weighted by atomic mass is 9.44. The molecule has 1 heterocycles. The van der Waals surface area contributed by atoms with Crippen molar-refractivity contribution >= 4 is 16.8 Å². The maximum atomic E-state index is 14.1. The Kier molecular flexibility index (Phi) is 6.02. The van der Waals surface area contributed by atoms with E-state index in [0.29, 0.717) is 35.5 Å². The summed E-state index contributed by atoms with van der Waals surface area (Å²) in [5.74, 6) is 4.36. The highest BCUT2D eigenvalue weighted by Crippen LogP contribution is 2.69. The van der Waals surface area contributed by atoms with E-state index in [0.717, 1.165) is 60.7 Å². The molecule has 4 saturated carbocycles. The zero-order valence-corrected chi connectivity index (χ0v) is 23.4. The molecule has 4 fully saturated rings. The van der Waals surface area contributed by atoms with Gasteiger partial charge in [-0.1, -0.05) is 32.4 Å². The second-order valence-electron chi connectivity index (χ2n) is 13.9. The number of ether oxygens (including phenoxy) is 1. The first-order chi connectivity index (χ1) is 17.6. The van der Waals surface area contributed by atoms with E-state index in [1.54, 1.807) is 11.8 Å². The smallest absolute Gasteiger partial charge is 0.158 e. The van der Waals surface area contributed by atoms with Crippen LogP contribution in [-0.4, -0.2) is 38.6 Å². The molecule has 9 atom stereocenters. The standard InChI is InChI=1S/C31H45N3O3/c1-6-19-15-24-22-9-7-20-17-29(2,36)13-14-30(20,3)23(22)11-12-31(24,4)28(19)27(35)18-34-26-10-8-21(37-5)16-25(26)32-33-34/h8,10,16,19-20,22-24,28,36H,6-7,9,11-15,17-18H2,1-5H3/t19-,20+,22-,23+,24?,28?,29-,30+,31+/m1/s1.